The number of nitrogens with zero attached hydrogens (tertiary/aromatic N) is 2. The Labute approximate surface area is 85.8 Å². The third kappa shape index (κ3) is 1.10. The first-order chi connectivity index (χ1) is 6.95. The van der Waals surface area contributed by atoms with E-state index in [1.165, 1.54) is 14.1 Å². The van der Waals surface area contributed by atoms with Crippen LogP contribution in [0.4, 0.5) is 0 Å². The molecule has 2 aliphatic rings. The highest BCUT2D eigenvalue weighted by molar-refractivity contribution is 6.19. The Bertz CT molecular complexity index is 390. The zero-order chi connectivity index (χ0) is 11.3. The van der Waals surface area contributed by atoms with Gasteiger partial charge in [0.05, 0.1) is 5.92 Å². The van der Waals surface area contributed by atoms with E-state index in [1.54, 1.807) is 0 Å². The monoisotopic (exact) mass is 210 g/mol. The minimum atomic E-state index is -0.981. The molecule has 15 heavy (non-hydrogen) atoms. The summed E-state index contributed by atoms with van der Waals surface area (Å²) in [5.41, 5.74) is 0. The zero-order valence-electron chi connectivity index (χ0n) is 8.39. The molecule has 0 aromatic rings. The molecule has 2 rings (SSSR count). The molecule has 80 valence electrons. The van der Waals surface area contributed by atoms with Crippen LogP contribution in [0.1, 0.15) is 6.42 Å². The van der Waals surface area contributed by atoms with Gasteiger partial charge in [-0.2, -0.15) is 0 Å². The molecule has 0 aliphatic carbocycles. The maximum absolute atomic E-state index is 11.6. The molecular formula is C9H10N2O4. The lowest BCUT2D eigenvalue weighted by molar-refractivity contribution is -0.155. The third-order valence-corrected chi connectivity index (χ3v) is 3.01. The lowest BCUT2D eigenvalue weighted by atomic mass is 9.87. The van der Waals surface area contributed by atoms with Crippen LogP contribution in [-0.4, -0.2) is 47.5 Å². The molecule has 6 nitrogen and oxygen atoms in total. The van der Waals surface area contributed by atoms with E-state index in [9.17, 15) is 19.2 Å². The first-order valence-corrected chi connectivity index (χ1v) is 4.57. The summed E-state index contributed by atoms with van der Waals surface area (Å²) < 4.78 is 0. The van der Waals surface area contributed by atoms with Crippen LogP contribution in [0.3, 0.4) is 0 Å². The Morgan fingerprint density at radius 3 is 2.07 bits per heavy atom. The fourth-order valence-corrected chi connectivity index (χ4v) is 2.02. The predicted molar refractivity (Wildman–Crippen MR) is 47.2 cm³/mol. The number of hydrogen-bond donors (Lipinski definition) is 0. The van der Waals surface area contributed by atoms with E-state index in [-0.39, 0.29) is 6.42 Å². The van der Waals surface area contributed by atoms with Crippen molar-refractivity contribution in [2.24, 2.45) is 11.8 Å². The molecule has 2 fully saturated rings. The molecule has 2 atom stereocenters. The van der Waals surface area contributed by atoms with Crippen molar-refractivity contribution in [3.05, 3.63) is 0 Å². The highest BCUT2D eigenvalue weighted by atomic mass is 16.2. The van der Waals surface area contributed by atoms with Crippen molar-refractivity contribution in [3.8, 4) is 0 Å². The molecule has 4 amide bonds. The molecule has 2 saturated heterocycles. The Morgan fingerprint density at radius 1 is 0.933 bits per heavy atom. The Balaban J connectivity index is 2.41. The van der Waals surface area contributed by atoms with E-state index in [0.717, 1.165) is 9.80 Å². The molecule has 6 heteroatoms. The van der Waals surface area contributed by atoms with Crippen molar-refractivity contribution in [1.29, 1.82) is 0 Å². The highest BCUT2D eigenvalue weighted by Gasteiger charge is 2.54. The zero-order valence-corrected chi connectivity index (χ0v) is 8.39. The van der Waals surface area contributed by atoms with Crippen LogP contribution in [0, 0.1) is 11.8 Å². The molecule has 0 unspecified atom stereocenters. The van der Waals surface area contributed by atoms with Gasteiger partial charge in [-0.1, -0.05) is 0 Å². The smallest absolute Gasteiger partial charge is 0.242 e. The van der Waals surface area contributed by atoms with Gasteiger partial charge in [0.1, 0.15) is 5.92 Å². The summed E-state index contributed by atoms with van der Waals surface area (Å²) in [5, 5.41) is 0. The fraction of sp³-hybridized carbons (Fsp3) is 0.556. The average molecular weight is 210 g/mol. The lowest BCUT2D eigenvalue weighted by Crippen LogP contribution is -2.48. The van der Waals surface area contributed by atoms with Gasteiger partial charge in [0, 0.05) is 20.5 Å². The molecule has 0 radical (unpaired) electrons. The van der Waals surface area contributed by atoms with Gasteiger partial charge in [0.2, 0.25) is 23.6 Å². The van der Waals surface area contributed by atoms with Crippen molar-refractivity contribution < 1.29 is 19.2 Å². The number of amides is 4. The molecular weight excluding hydrogens is 200 g/mol. The number of fused-ring (bicyclic) bond motifs is 1. The van der Waals surface area contributed by atoms with Gasteiger partial charge in [-0.15, -0.1) is 0 Å². The first-order valence-electron chi connectivity index (χ1n) is 4.57. The van der Waals surface area contributed by atoms with Gasteiger partial charge in [0.15, 0.2) is 0 Å². The maximum atomic E-state index is 11.6. The topological polar surface area (TPSA) is 74.8 Å². The maximum Gasteiger partial charge on any atom is 0.242 e. The third-order valence-electron chi connectivity index (χ3n) is 3.01. The summed E-state index contributed by atoms with van der Waals surface area (Å²) in [4.78, 5) is 47.9. The van der Waals surface area contributed by atoms with Crippen molar-refractivity contribution >= 4 is 23.6 Å². The van der Waals surface area contributed by atoms with Crippen LogP contribution in [0.15, 0.2) is 0 Å². The van der Waals surface area contributed by atoms with E-state index in [0.29, 0.717) is 0 Å². The second kappa shape index (κ2) is 2.88. The SMILES string of the molecule is CN1C(=O)C[C@@H]2C(=O)N(C)C(=O)[C@@H]2C1=O. The summed E-state index contributed by atoms with van der Waals surface area (Å²) in [6.07, 6.45) is -0.0537. The largest absolute Gasteiger partial charge is 0.285 e. The van der Waals surface area contributed by atoms with Crippen molar-refractivity contribution in [1.82, 2.24) is 9.80 Å². The quantitative estimate of drug-likeness (QED) is 0.364. The molecule has 0 saturated carbocycles. The summed E-state index contributed by atoms with van der Waals surface area (Å²) >= 11 is 0. The summed E-state index contributed by atoms with van der Waals surface area (Å²) in [7, 11) is 2.66. The van der Waals surface area contributed by atoms with Crippen LogP contribution < -0.4 is 0 Å². The Hall–Kier alpha value is -1.72. The number of hydrogen-bond acceptors (Lipinski definition) is 4. The number of carbonyl (C=O) groups excluding carboxylic acids is 4. The molecule has 0 N–H and O–H groups in total. The van der Waals surface area contributed by atoms with Gasteiger partial charge in [-0.05, 0) is 0 Å². The van der Waals surface area contributed by atoms with Crippen LogP contribution in [-0.2, 0) is 19.2 Å². The van der Waals surface area contributed by atoms with Crippen LogP contribution >= 0.6 is 0 Å². The molecule has 0 bridgehead atoms. The second-order valence-electron chi connectivity index (χ2n) is 3.81. The summed E-state index contributed by atoms with van der Waals surface area (Å²) in [6.45, 7) is 0. The first kappa shape index (κ1) is 9.82. The lowest BCUT2D eigenvalue weighted by Gasteiger charge is -2.26. The molecule has 0 spiro atoms. The van der Waals surface area contributed by atoms with Crippen molar-refractivity contribution in [2.45, 2.75) is 6.42 Å². The van der Waals surface area contributed by atoms with Crippen LogP contribution in [0.25, 0.3) is 0 Å². The van der Waals surface area contributed by atoms with E-state index in [1.807, 2.05) is 0 Å². The standard InChI is InChI=1S/C9H10N2O4/c1-10-5(12)3-4-6(8(10)14)9(15)11(2)7(4)13/h4,6H,3H2,1-2H3/t4-,6-/m0/s1. The Morgan fingerprint density at radius 2 is 1.47 bits per heavy atom. The summed E-state index contributed by atoms with van der Waals surface area (Å²) in [6, 6.07) is 0. The van der Waals surface area contributed by atoms with Crippen LogP contribution in [0.2, 0.25) is 0 Å². The van der Waals surface area contributed by atoms with E-state index in [4.69, 9.17) is 0 Å². The van der Waals surface area contributed by atoms with Crippen molar-refractivity contribution in [3.63, 3.8) is 0 Å². The van der Waals surface area contributed by atoms with E-state index < -0.39 is 35.5 Å². The molecule has 0 aromatic carbocycles. The number of imide groups is 2. The number of rotatable bonds is 0. The van der Waals surface area contributed by atoms with Gasteiger partial charge in [-0.25, -0.2) is 0 Å². The minimum absolute atomic E-state index is 0.0537. The number of carbonyl (C=O) groups is 4. The minimum Gasteiger partial charge on any atom is -0.285 e. The fourth-order valence-electron chi connectivity index (χ4n) is 2.02. The summed E-state index contributed by atoms with van der Waals surface area (Å²) in [5.74, 6) is -3.67. The normalized spacial score (nSPS) is 31.3. The van der Waals surface area contributed by atoms with Gasteiger partial charge in [-0.3, -0.25) is 29.0 Å². The van der Waals surface area contributed by atoms with E-state index in [2.05, 4.69) is 0 Å². The van der Waals surface area contributed by atoms with Crippen molar-refractivity contribution in [2.75, 3.05) is 14.1 Å². The number of piperidine rings is 1. The van der Waals surface area contributed by atoms with Gasteiger partial charge >= 0.3 is 0 Å². The van der Waals surface area contributed by atoms with Gasteiger partial charge in [0.25, 0.3) is 0 Å². The predicted octanol–water partition coefficient (Wildman–Crippen LogP) is -1.39. The van der Waals surface area contributed by atoms with Crippen LogP contribution in [0.5, 0.6) is 0 Å². The molecule has 2 heterocycles. The average Bonchev–Trinajstić information content (AvgIpc) is 2.40. The van der Waals surface area contributed by atoms with Gasteiger partial charge < -0.3 is 0 Å². The Kier molecular flexibility index (Phi) is 1.89. The molecule has 2 aliphatic heterocycles. The number of likely N-dealkylation sites (tertiary alicyclic amines) is 2. The molecule has 0 aromatic heterocycles. The van der Waals surface area contributed by atoms with E-state index >= 15 is 0 Å². The second-order valence-corrected chi connectivity index (χ2v) is 3.81. The highest BCUT2D eigenvalue weighted by Crippen LogP contribution is 2.33.